The number of rotatable bonds is 3. The molecule has 1 rings (SSSR count). The lowest BCUT2D eigenvalue weighted by Gasteiger charge is -2.16. The molecule has 0 bridgehead atoms. The van der Waals surface area contributed by atoms with Gasteiger partial charge in [-0.05, 0) is 25.5 Å². The Bertz CT molecular complexity index is 307. The highest BCUT2D eigenvalue weighted by Crippen LogP contribution is 2.19. The number of aromatic nitrogens is 1. The zero-order chi connectivity index (χ0) is 9.84. The number of aryl methyl sites for hydroxylation is 1. The van der Waals surface area contributed by atoms with Gasteiger partial charge in [-0.15, -0.1) is 0 Å². The minimum Gasteiger partial charge on any atom is -0.271 e. The average Bonchev–Trinajstić information content (AvgIpc) is 2.09. The van der Waals surface area contributed by atoms with E-state index in [0.29, 0.717) is 0 Å². The van der Waals surface area contributed by atoms with Crippen LogP contribution in [0.25, 0.3) is 0 Å². The van der Waals surface area contributed by atoms with Gasteiger partial charge in [0.1, 0.15) is 0 Å². The second-order valence-electron chi connectivity index (χ2n) is 3.15. The molecule has 1 heterocycles. The number of nitrogens with one attached hydrogen (secondary N) is 1. The smallest absolute Gasteiger partial charge is 0.0838 e. The lowest BCUT2D eigenvalue weighted by molar-refractivity contribution is 0.608. The summed E-state index contributed by atoms with van der Waals surface area (Å²) < 4.78 is 0. The second kappa shape index (κ2) is 4.16. The van der Waals surface area contributed by atoms with Gasteiger partial charge in [-0.3, -0.25) is 10.8 Å². The Labute approximate surface area is 78.6 Å². The third kappa shape index (κ3) is 2.14. The number of pyridine rings is 1. The zero-order valence-electron chi connectivity index (χ0n) is 8.04. The monoisotopic (exact) mass is 177 g/mol. The van der Waals surface area contributed by atoms with E-state index in [4.69, 9.17) is 5.84 Å². The van der Waals surface area contributed by atoms with Crippen LogP contribution >= 0.6 is 0 Å². The van der Waals surface area contributed by atoms with Gasteiger partial charge >= 0.3 is 0 Å². The lowest BCUT2D eigenvalue weighted by atomic mass is 10.0. The molecule has 3 heteroatoms. The van der Waals surface area contributed by atoms with Crippen molar-refractivity contribution in [3.63, 3.8) is 0 Å². The van der Waals surface area contributed by atoms with Gasteiger partial charge in [-0.2, -0.15) is 0 Å². The van der Waals surface area contributed by atoms with Gasteiger partial charge in [0.25, 0.3) is 0 Å². The van der Waals surface area contributed by atoms with Crippen molar-refractivity contribution >= 4 is 0 Å². The Balaban J connectivity index is 3.04. The Morgan fingerprint density at radius 2 is 2.38 bits per heavy atom. The summed E-state index contributed by atoms with van der Waals surface area (Å²) in [4.78, 5) is 4.27. The molecule has 0 fully saturated rings. The fraction of sp³-hybridized carbons (Fsp3) is 0.300. The van der Waals surface area contributed by atoms with Gasteiger partial charge in [0, 0.05) is 6.20 Å². The van der Waals surface area contributed by atoms with Crippen LogP contribution in [0.4, 0.5) is 0 Å². The molecule has 0 saturated carbocycles. The lowest BCUT2D eigenvalue weighted by Crippen LogP contribution is -2.29. The maximum atomic E-state index is 5.42. The molecule has 0 aliphatic heterocycles. The van der Waals surface area contributed by atoms with E-state index in [1.807, 2.05) is 26.0 Å². The van der Waals surface area contributed by atoms with E-state index in [1.165, 1.54) is 0 Å². The molecule has 0 radical (unpaired) electrons. The number of nitrogens with two attached hydrogens (primary N) is 1. The molecule has 0 aliphatic rings. The molecule has 13 heavy (non-hydrogen) atoms. The van der Waals surface area contributed by atoms with Crippen LogP contribution in [0.5, 0.6) is 0 Å². The Kier molecular flexibility index (Phi) is 3.17. The summed E-state index contributed by atoms with van der Waals surface area (Å²) in [6, 6.07) is 3.86. The highest BCUT2D eigenvalue weighted by molar-refractivity contribution is 5.26. The van der Waals surface area contributed by atoms with E-state index < -0.39 is 0 Å². The van der Waals surface area contributed by atoms with Crippen LogP contribution in [0.2, 0.25) is 0 Å². The van der Waals surface area contributed by atoms with Crippen LogP contribution in [0, 0.1) is 6.92 Å². The molecule has 1 aromatic heterocycles. The third-order valence-corrected chi connectivity index (χ3v) is 1.98. The number of nitrogens with zero attached hydrogens (tertiary/aromatic N) is 1. The predicted octanol–water partition coefficient (Wildman–Crippen LogP) is 1.47. The van der Waals surface area contributed by atoms with Gasteiger partial charge < -0.3 is 0 Å². The molecule has 0 aliphatic carbocycles. The number of hydrogen-bond donors (Lipinski definition) is 2. The van der Waals surface area contributed by atoms with Crippen LogP contribution in [0.15, 0.2) is 30.5 Å². The molecule has 3 N–H and O–H groups in total. The Morgan fingerprint density at radius 1 is 1.69 bits per heavy atom. The summed E-state index contributed by atoms with van der Waals surface area (Å²) in [5.41, 5.74) is 5.72. The Morgan fingerprint density at radius 3 is 2.85 bits per heavy atom. The van der Waals surface area contributed by atoms with Gasteiger partial charge in [0.05, 0.1) is 11.7 Å². The Hall–Kier alpha value is -1.19. The van der Waals surface area contributed by atoms with Crippen molar-refractivity contribution in [2.75, 3.05) is 0 Å². The zero-order valence-corrected chi connectivity index (χ0v) is 8.04. The minimum atomic E-state index is -0.0544. The summed E-state index contributed by atoms with van der Waals surface area (Å²) in [6.45, 7) is 7.80. The maximum Gasteiger partial charge on any atom is 0.0838 e. The number of hydrogen-bond acceptors (Lipinski definition) is 3. The maximum absolute atomic E-state index is 5.42. The van der Waals surface area contributed by atoms with E-state index in [1.54, 1.807) is 6.20 Å². The molecule has 0 spiro atoms. The number of hydrazine groups is 1. The van der Waals surface area contributed by atoms with Crippen molar-refractivity contribution in [2.45, 2.75) is 19.9 Å². The molecule has 1 unspecified atom stereocenters. The first kappa shape index (κ1) is 9.89. The van der Waals surface area contributed by atoms with Gasteiger partial charge in [0.2, 0.25) is 0 Å². The van der Waals surface area contributed by atoms with E-state index in [9.17, 15) is 0 Å². The van der Waals surface area contributed by atoms with Crippen LogP contribution in [-0.4, -0.2) is 4.98 Å². The van der Waals surface area contributed by atoms with Crippen LogP contribution in [0.3, 0.4) is 0 Å². The van der Waals surface area contributed by atoms with Crippen molar-refractivity contribution in [3.05, 3.63) is 41.7 Å². The van der Waals surface area contributed by atoms with E-state index in [0.717, 1.165) is 16.8 Å². The SMILES string of the molecule is C=C(C)C(NN)c1ncccc1C. The standard InChI is InChI=1S/C10H15N3/c1-7(2)9(13-11)10-8(3)5-4-6-12-10/h4-6,9,13H,1,11H2,2-3H3. The topological polar surface area (TPSA) is 50.9 Å². The quantitative estimate of drug-likeness (QED) is 0.417. The van der Waals surface area contributed by atoms with E-state index in [-0.39, 0.29) is 6.04 Å². The van der Waals surface area contributed by atoms with E-state index >= 15 is 0 Å². The first-order chi connectivity index (χ1) is 6.16. The van der Waals surface area contributed by atoms with Crippen LogP contribution in [0.1, 0.15) is 24.2 Å². The molecule has 1 atom stereocenters. The molecule has 1 aromatic rings. The van der Waals surface area contributed by atoms with Gasteiger partial charge in [-0.1, -0.05) is 18.2 Å². The summed E-state index contributed by atoms with van der Waals surface area (Å²) in [6.07, 6.45) is 1.76. The van der Waals surface area contributed by atoms with Crippen molar-refractivity contribution in [1.82, 2.24) is 10.4 Å². The van der Waals surface area contributed by atoms with E-state index in [2.05, 4.69) is 17.0 Å². The first-order valence-electron chi connectivity index (χ1n) is 4.20. The molecular formula is C10H15N3. The molecule has 70 valence electrons. The third-order valence-electron chi connectivity index (χ3n) is 1.98. The average molecular weight is 177 g/mol. The summed E-state index contributed by atoms with van der Waals surface area (Å²) >= 11 is 0. The van der Waals surface area contributed by atoms with Crippen molar-refractivity contribution in [1.29, 1.82) is 0 Å². The normalized spacial score (nSPS) is 12.5. The first-order valence-corrected chi connectivity index (χ1v) is 4.20. The molecule has 3 nitrogen and oxygen atoms in total. The molecule has 0 amide bonds. The van der Waals surface area contributed by atoms with Crippen molar-refractivity contribution in [2.24, 2.45) is 5.84 Å². The highest BCUT2D eigenvalue weighted by Gasteiger charge is 2.13. The molecule has 0 aromatic carbocycles. The summed E-state index contributed by atoms with van der Waals surface area (Å²) in [5, 5.41) is 0. The van der Waals surface area contributed by atoms with Gasteiger partial charge in [-0.25, -0.2) is 5.43 Å². The highest BCUT2D eigenvalue weighted by atomic mass is 15.2. The summed E-state index contributed by atoms with van der Waals surface area (Å²) in [7, 11) is 0. The van der Waals surface area contributed by atoms with Crippen molar-refractivity contribution < 1.29 is 0 Å². The predicted molar refractivity (Wildman–Crippen MR) is 53.9 cm³/mol. The fourth-order valence-electron chi connectivity index (χ4n) is 1.25. The molecule has 0 saturated heterocycles. The minimum absolute atomic E-state index is 0.0544. The van der Waals surface area contributed by atoms with Crippen LogP contribution in [-0.2, 0) is 0 Å². The fourth-order valence-corrected chi connectivity index (χ4v) is 1.25. The molecular weight excluding hydrogens is 162 g/mol. The summed E-state index contributed by atoms with van der Waals surface area (Å²) in [5.74, 6) is 5.42. The largest absolute Gasteiger partial charge is 0.271 e. The van der Waals surface area contributed by atoms with Crippen molar-refractivity contribution in [3.8, 4) is 0 Å². The van der Waals surface area contributed by atoms with Crippen LogP contribution < -0.4 is 11.3 Å². The van der Waals surface area contributed by atoms with Gasteiger partial charge in [0.15, 0.2) is 0 Å². The second-order valence-corrected chi connectivity index (χ2v) is 3.15.